The minimum Gasteiger partial charge on any atom is -0.462 e. The first kappa shape index (κ1) is 20.1. The van der Waals surface area contributed by atoms with E-state index in [-0.39, 0.29) is 17.2 Å². The summed E-state index contributed by atoms with van der Waals surface area (Å²) in [6, 6.07) is 8.64. The van der Waals surface area contributed by atoms with Crippen molar-refractivity contribution in [2.45, 2.75) is 6.92 Å². The number of halogens is 4. The first-order valence-electron chi connectivity index (χ1n) is 8.40. The molecule has 8 heteroatoms. The van der Waals surface area contributed by atoms with E-state index in [0.29, 0.717) is 5.69 Å². The van der Waals surface area contributed by atoms with E-state index < -0.39 is 40.1 Å². The van der Waals surface area contributed by atoms with Crippen molar-refractivity contribution >= 4 is 11.4 Å². The maximum Gasteiger partial charge on any atom is 0.201 e. The molecule has 0 radical (unpaired) electrons. The number of anilines is 2. The van der Waals surface area contributed by atoms with Crippen LogP contribution < -0.4 is 20.9 Å². The van der Waals surface area contributed by atoms with Crippen LogP contribution in [0.1, 0.15) is 6.92 Å². The van der Waals surface area contributed by atoms with E-state index in [4.69, 9.17) is 20.9 Å². The van der Waals surface area contributed by atoms with Crippen LogP contribution in [0.4, 0.5) is 28.9 Å². The first-order valence-corrected chi connectivity index (χ1v) is 8.40. The Balaban J connectivity index is 1.98. The highest BCUT2D eigenvalue weighted by Crippen LogP contribution is 2.37. The average Bonchev–Trinajstić information content (AvgIpc) is 2.69. The highest BCUT2D eigenvalue weighted by Gasteiger charge is 2.22. The third-order valence-electron chi connectivity index (χ3n) is 3.97. The molecular weight excluding hydrogens is 388 g/mol. The predicted octanol–water partition coefficient (Wildman–Crippen LogP) is 5.78. The molecule has 0 spiro atoms. The number of hydrogen-bond donors (Lipinski definition) is 2. The molecule has 3 rings (SSSR count). The van der Waals surface area contributed by atoms with Gasteiger partial charge in [-0.15, -0.1) is 0 Å². The van der Waals surface area contributed by atoms with Crippen LogP contribution in [-0.4, -0.2) is 0 Å². The summed E-state index contributed by atoms with van der Waals surface area (Å²) in [4.78, 5) is 0. The fraction of sp³-hybridized carbons (Fsp3) is 0.0476. The highest BCUT2D eigenvalue weighted by atomic mass is 19.2. The zero-order valence-corrected chi connectivity index (χ0v) is 15.2. The Bertz CT molecular complexity index is 1100. The molecule has 0 aliphatic rings. The monoisotopic (exact) mass is 404 g/mol. The van der Waals surface area contributed by atoms with Crippen LogP contribution in [0.3, 0.4) is 0 Å². The van der Waals surface area contributed by atoms with Crippen molar-refractivity contribution in [1.29, 1.82) is 0 Å². The number of rotatable bonds is 5. The Morgan fingerprint density at radius 1 is 0.724 bits per heavy atom. The van der Waals surface area contributed by atoms with E-state index in [2.05, 4.69) is 0 Å². The molecule has 0 heterocycles. The van der Waals surface area contributed by atoms with E-state index in [1.807, 2.05) is 0 Å². The molecule has 0 aliphatic heterocycles. The maximum atomic E-state index is 14.6. The molecule has 0 aromatic heterocycles. The summed E-state index contributed by atoms with van der Waals surface area (Å²) < 4.78 is 67.9. The van der Waals surface area contributed by atoms with Crippen molar-refractivity contribution in [1.82, 2.24) is 0 Å². The molecule has 150 valence electrons. The Hall–Kier alpha value is -3.68. The smallest absolute Gasteiger partial charge is 0.201 e. The van der Waals surface area contributed by atoms with Gasteiger partial charge < -0.3 is 20.9 Å². The van der Waals surface area contributed by atoms with Crippen molar-refractivity contribution in [2.75, 3.05) is 11.5 Å². The van der Waals surface area contributed by atoms with Crippen molar-refractivity contribution < 1.29 is 27.0 Å². The highest BCUT2D eigenvalue weighted by molar-refractivity contribution is 5.68. The first-order chi connectivity index (χ1) is 13.8. The Labute approximate surface area is 164 Å². The second-order valence-electron chi connectivity index (χ2n) is 5.97. The molecule has 29 heavy (non-hydrogen) atoms. The number of hydrogen-bond acceptors (Lipinski definition) is 4. The van der Waals surface area contributed by atoms with E-state index in [9.17, 15) is 17.6 Å². The van der Waals surface area contributed by atoms with Gasteiger partial charge in [0.05, 0.1) is 11.9 Å². The van der Waals surface area contributed by atoms with Gasteiger partial charge in [0.1, 0.15) is 0 Å². The van der Waals surface area contributed by atoms with Crippen molar-refractivity contribution in [3.63, 3.8) is 0 Å². The number of benzene rings is 3. The second kappa shape index (κ2) is 8.14. The normalized spacial score (nSPS) is 11.1. The average molecular weight is 404 g/mol. The lowest BCUT2D eigenvalue weighted by Crippen LogP contribution is -2.00. The van der Waals surface area contributed by atoms with Gasteiger partial charge >= 0.3 is 0 Å². The lowest BCUT2D eigenvalue weighted by molar-refractivity contribution is 0.412. The molecule has 4 N–H and O–H groups in total. The van der Waals surface area contributed by atoms with Gasteiger partial charge in [-0.25, -0.2) is 8.78 Å². The summed E-state index contributed by atoms with van der Waals surface area (Å²) in [6.45, 7) is 1.63. The molecule has 4 nitrogen and oxygen atoms in total. The predicted molar refractivity (Wildman–Crippen MR) is 102 cm³/mol. The largest absolute Gasteiger partial charge is 0.462 e. The zero-order valence-electron chi connectivity index (χ0n) is 15.2. The van der Waals surface area contributed by atoms with Gasteiger partial charge in [-0.3, -0.25) is 0 Å². The van der Waals surface area contributed by atoms with Crippen LogP contribution in [0.5, 0.6) is 17.2 Å². The molecule has 0 saturated heterocycles. The molecule has 0 atom stereocenters. The summed E-state index contributed by atoms with van der Waals surface area (Å²) in [6.07, 6.45) is 2.64. The van der Waals surface area contributed by atoms with Crippen molar-refractivity contribution in [3.05, 3.63) is 78.1 Å². The Morgan fingerprint density at radius 2 is 1.28 bits per heavy atom. The van der Waals surface area contributed by atoms with Crippen LogP contribution in [0.2, 0.25) is 0 Å². The van der Waals surface area contributed by atoms with Gasteiger partial charge in [-0.1, -0.05) is 6.08 Å². The van der Waals surface area contributed by atoms with E-state index in [0.717, 1.165) is 30.5 Å². The van der Waals surface area contributed by atoms with Crippen LogP contribution in [0.25, 0.3) is 11.1 Å². The summed E-state index contributed by atoms with van der Waals surface area (Å²) in [5.74, 6) is -6.28. The molecule has 0 unspecified atom stereocenters. The number of nitrogen functional groups attached to an aromatic ring is 2. The lowest BCUT2D eigenvalue weighted by atomic mass is 10.0. The molecule has 3 aromatic carbocycles. The van der Waals surface area contributed by atoms with E-state index in [1.165, 1.54) is 24.3 Å². The van der Waals surface area contributed by atoms with Crippen LogP contribution in [-0.2, 0) is 0 Å². The van der Waals surface area contributed by atoms with Gasteiger partial charge in [-0.2, -0.15) is 8.78 Å². The summed E-state index contributed by atoms with van der Waals surface area (Å²) in [5, 5.41) is 0. The van der Waals surface area contributed by atoms with E-state index in [1.54, 1.807) is 6.92 Å². The summed E-state index contributed by atoms with van der Waals surface area (Å²) >= 11 is 0. The molecule has 0 fully saturated rings. The van der Waals surface area contributed by atoms with E-state index >= 15 is 0 Å². The van der Waals surface area contributed by atoms with Gasteiger partial charge in [0.25, 0.3) is 0 Å². The number of nitrogens with two attached hydrogens (primary N) is 2. The molecule has 0 saturated carbocycles. The minimum atomic E-state index is -1.41. The summed E-state index contributed by atoms with van der Waals surface area (Å²) in [7, 11) is 0. The van der Waals surface area contributed by atoms with Crippen molar-refractivity contribution in [3.8, 4) is 28.4 Å². The van der Waals surface area contributed by atoms with Gasteiger partial charge in [0, 0.05) is 16.8 Å². The maximum absolute atomic E-state index is 14.6. The fourth-order valence-electron chi connectivity index (χ4n) is 2.57. The minimum absolute atomic E-state index is 0.0629. The topological polar surface area (TPSA) is 70.5 Å². The van der Waals surface area contributed by atoms with Gasteiger partial charge in [-0.05, 0) is 49.4 Å². The Morgan fingerprint density at radius 3 is 1.86 bits per heavy atom. The number of allylic oxidation sites excluding steroid dienone is 1. The van der Waals surface area contributed by atoms with Gasteiger partial charge in [0.2, 0.25) is 11.6 Å². The van der Waals surface area contributed by atoms with Crippen LogP contribution in [0.15, 0.2) is 54.8 Å². The lowest BCUT2D eigenvalue weighted by Gasteiger charge is -2.13. The Kier molecular flexibility index (Phi) is 5.63. The van der Waals surface area contributed by atoms with Gasteiger partial charge in [0.15, 0.2) is 28.9 Å². The standard InChI is InChI=1S/C21H16F4N2O2/c1-2-9-28-16-7-4-12(18(22)20(16)24)13-5-8-17(21(25)19(13)23)29-15-6-3-11(26)10-14(15)27/h2-10H,26-27H2,1H3. The SMILES string of the molecule is CC=COc1ccc(-c2ccc(Oc3ccc(N)cc3N)c(F)c2F)c(F)c1F. The molecule has 0 bridgehead atoms. The fourth-order valence-corrected chi connectivity index (χ4v) is 2.57. The second-order valence-corrected chi connectivity index (χ2v) is 5.97. The van der Waals surface area contributed by atoms with Crippen LogP contribution >= 0.6 is 0 Å². The number of ether oxygens (including phenoxy) is 2. The zero-order chi connectivity index (χ0) is 21.1. The summed E-state index contributed by atoms with van der Waals surface area (Å²) in [5.41, 5.74) is 10.9. The van der Waals surface area contributed by atoms with Crippen LogP contribution in [0, 0.1) is 23.3 Å². The van der Waals surface area contributed by atoms with Crippen molar-refractivity contribution in [2.24, 2.45) is 0 Å². The third-order valence-corrected chi connectivity index (χ3v) is 3.97. The third kappa shape index (κ3) is 3.96. The molecule has 0 amide bonds. The molecule has 3 aromatic rings. The molecular formula is C21H16F4N2O2. The quantitative estimate of drug-likeness (QED) is 0.321. The molecule has 0 aliphatic carbocycles.